The quantitative estimate of drug-likeness (QED) is 0.427. The maximum atomic E-state index is 13.2. The Kier molecular flexibility index (Phi) is 4.82. The minimum atomic E-state index is -1.40. The zero-order chi connectivity index (χ0) is 25.0. The van der Waals surface area contributed by atoms with Crippen molar-refractivity contribution < 1.29 is 19.1 Å². The summed E-state index contributed by atoms with van der Waals surface area (Å²) < 4.78 is 7.21. The third-order valence-electron chi connectivity index (χ3n) is 6.98. The number of hydrogen-bond donors (Lipinski definition) is 2. The first kappa shape index (κ1) is 21.8. The molecule has 4 aromatic rings. The number of hydrogen-bond acceptors (Lipinski definition) is 5. The van der Waals surface area contributed by atoms with Gasteiger partial charge in [-0.15, -0.1) is 0 Å². The van der Waals surface area contributed by atoms with Crippen molar-refractivity contribution in [3.05, 3.63) is 83.7 Å². The van der Waals surface area contributed by atoms with Crippen LogP contribution < -0.4 is 15.4 Å². The molecule has 180 valence electrons. The number of aromatic nitrogens is 2. The Balaban J connectivity index is 1.33. The molecule has 0 unspecified atom stereocenters. The molecule has 2 aromatic heterocycles. The van der Waals surface area contributed by atoms with E-state index in [0.29, 0.717) is 23.4 Å². The lowest BCUT2D eigenvalue weighted by molar-refractivity contribution is -0.124. The first-order chi connectivity index (χ1) is 17.4. The summed E-state index contributed by atoms with van der Waals surface area (Å²) in [6, 6.07) is 16.2. The molecule has 1 atom stereocenters. The number of nitrogens with one attached hydrogen (secondary N) is 2. The maximum absolute atomic E-state index is 13.2. The Bertz CT molecular complexity index is 1560. The van der Waals surface area contributed by atoms with E-state index in [4.69, 9.17) is 4.74 Å². The second-order valence-corrected chi connectivity index (χ2v) is 9.14. The van der Waals surface area contributed by atoms with Crippen LogP contribution in [-0.2, 0) is 23.9 Å². The zero-order valence-corrected chi connectivity index (χ0v) is 19.7. The molecule has 1 saturated heterocycles. The van der Waals surface area contributed by atoms with E-state index >= 15 is 0 Å². The third-order valence-corrected chi connectivity index (χ3v) is 6.98. The van der Waals surface area contributed by atoms with Crippen molar-refractivity contribution in [3.63, 3.8) is 0 Å². The molecule has 0 spiro atoms. The van der Waals surface area contributed by atoms with E-state index in [1.807, 2.05) is 60.4 Å². The number of rotatable bonds is 5. The molecule has 0 saturated carbocycles. The number of amides is 4. The molecule has 0 aliphatic carbocycles. The lowest BCUT2D eigenvalue weighted by Crippen LogP contribution is -2.52. The standard InChI is InChI=1S/C27H23N5O4/c1-31-10-9-17-11-19(13-28-23(17)31)16-3-6-20(7-4-16)27(25(34)29-26(35)30-27)15-32-14-18-5-8-21(36-2)12-22(18)24(32)33/h3-13H,14-15H2,1-2H3,(H2,29,30,34,35)/t27-/m1/s1. The van der Waals surface area contributed by atoms with E-state index < -0.39 is 17.5 Å². The zero-order valence-electron chi connectivity index (χ0n) is 19.7. The normalized spacial score (nSPS) is 18.9. The molecule has 4 amide bonds. The first-order valence-electron chi connectivity index (χ1n) is 11.5. The van der Waals surface area contributed by atoms with Gasteiger partial charge in [-0.25, -0.2) is 9.78 Å². The van der Waals surface area contributed by atoms with Crippen LogP contribution in [0.3, 0.4) is 0 Å². The summed E-state index contributed by atoms with van der Waals surface area (Å²) in [5.41, 5.74) is 3.33. The number of urea groups is 1. The van der Waals surface area contributed by atoms with Crippen LogP contribution in [0.2, 0.25) is 0 Å². The van der Waals surface area contributed by atoms with Crippen LogP contribution in [0.1, 0.15) is 21.5 Å². The average molecular weight is 482 g/mol. The fourth-order valence-corrected chi connectivity index (χ4v) is 5.04. The van der Waals surface area contributed by atoms with Crippen molar-refractivity contribution in [2.45, 2.75) is 12.1 Å². The van der Waals surface area contributed by atoms with Gasteiger partial charge in [-0.3, -0.25) is 14.9 Å². The van der Waals surface area contributed by atoms with Crippen LogP contribution in [-0.4, -0.2) is 46.0 Å². The van der Waals surface area contributed by atoms with E-state index in [-0.39, 0.29) is 12.5 Å². The van der Waals surface area contributed by atoms with Gasteiger partial charge in [-0.05, 0) is 41.0 Å². The summed E-state index contributed by atoms with van der Waals surface area (Å²) in [5.74, 6) is -0.116. The second-order valence-electron chi connectivity index (χ2n) is 9.14. The molecular weight excluding hydrogens is 458 g/mol. The summed E-state index contributed by atoms with van der Waals surface area (Å²) in [6.45, 7) is 0.335. The number of nitrogens with zero attached hydrogens (tertiary/aromatic N) is 3. The van der Waals surface area contributed by atoms with Crippen LogP contribution in [0.25, 0.3) is 22.2 Å². The topological polar surface area (TPSA) is 106 Å². The highest BCUT2D eigenvalue weighted by Gasteiger charge is 2.50. The molecule has 0 radical (unpaired) electrons. The number of pyridine rings is 1. The minimum absolute atomic E-state index is 0.00270. The van der Waals surface area contributed by atoms with Crippen molar-refractivity contribution in [2.24, 2.45) is 7.05 Å². The number of carbonyl (C=O) groups excluding carboxylic acids is 3. The van der Waals surface area contributed by atoms with Crippen LogP contribution in [0.4, 0.5) is 4.79 Å². The van der Waals surface area contributed by atoms with Gasteiger partial charge in [-0.1, -0.05) is 30.3 Å². The van der Waals surface area contributed by atoms with E-state index in [2.05, 4.69) is 21.7 Å². The highest BCUT2D eigenvalue weighted by Crippen LogP contribution is 2.33. The van der Waals surface area contributed by atoms with Gasteiger partial charge in [0.25, 0.3) is 11.8 Å². The predicted octanol–water partition coefficient (Wildman–Crippen LogP) is 2.94. The summed E-state index contributed by atoms with van der Waals surface area (Å²) >= 11 is 0. The largest absolute Gasteiger partial charge is 0.497 e. The molecule has 1 fully saturated rings. The van der Waals surface area contributed by atoms with Gasteiger partial charge in [0.1, 0.15) is 11.4 Å². The molecule has 2 aromatic carbocycles. The predicted molar refractivity (Wildman–Crippen MR) is 132 cm³/mol. The van der Waals surface area contributed by atoms with E-state index in [1.165, 1.54) is 0 Å². The fraction of sp³-hybridized carbons (Fsp3) is 0.185. The number of benzene rings is 2. The van der Waals surface area contributed by atoms with Crippen molar-refractivity contribution in [3.8, 4) is 16.9 Å². The molecule has 6 rings (SSSR count). The third kappa shape index (κ3) is 3.31. The van der Waals surface area contributed by atoms with Crippen LogP contribution in [0.15, 0.2) is 67.0 Å². The van der Waals surface area contributed by atoms with Crippen molar-refractivity contribution >= 4 is 28.9 Å². The Hall–Kier alpha value is -4.66. The fourth-order valence-electron chi connectivity index (χ4n) is 5.04. The molecule has 9 nitrogen and oxygen atoms in total. The number of aryl methyl sites for hydroxylation is 1. The van der Waals surface area contributed by atoms with E-state index in [9.17, 15) is 14.4 Å². The highest BCUT2D eigenvalue weighted by molar-refractivity contribution is 6.08. The molecule has 4 heterocycles. The molecule has 0 bridgehead atoms. The lowest BCUT2D eigenvalue weighted by Gasteiger charge is -2.31. The van der Waals surface area contributed by atoms with Crippen LogP contribution >= 0.6 is 0 Å². The summed E-state index contributed by atoms with van der Waals surface area (Å²) in [7, 11) is 3.49. The summed E-state index contributed by atoms with van der Waals surface area (Å²) in [5, 5.41) is 6.16. The molecule has 2 aliphatic rings. The summed E-state index contributed by atoms with van der Waals surface area (Å²) in [6.07, 6.45) is 3.77. The van der Waals surface area contributed by atoms with Gasteiger partial charge in [0.15, 0.2) is 5.54 Å². The number of methoxy groups -OCH3 is 1. The van der Waals surface area contributed by atoms with Gasteiger partial charge in [0.05, 0.1) is 13.7 Å². The van der Waals surface area contributed by atoms with Crippen molar-refractivity contribution in [1.82, 2.24) is 25.1 Å². The van der Waals surface area contributed by atoms with Gasteiger partial charge in [-0.2, -0.15) is 0 Å². The smallest absolute Gasteiger partial charge is 0.322 e. The molecule has 36 heavy (non-hydrogen) atoms. The lowest BCUT2D eigenvalue weighted by atomic mass is 9.88. The molecular formula is C27H23N5O4. The molecule has 2 aliphatic heterocycles. The number of imide groups is 1. The Morgan fingerprint density at radius 2 is 1.83 bits per heavy atom. The Morgan fingerprint density at radius 3 is 2.56 bits per heavy atom. The average Bonchev–Trinajstić information content (AvgIpc) is 3.51. The van der Waals surface area contributed by atoms with Crippen LogP contribution in [0.5, 0.6) is 5.75 Å². The monoisotopic (exact) mass is 481 g/mol. The van der Waals surface area contributed by atoms with Gasteiger partial charge in [0.2, 0.25) is 0 Å². The maximum Gasteiger partial charge on any atom is 0.322 e. The van der Waals surface area contributed by atoms with Gasteiger partial charge >= 0.3 is 6.03 Å². The molecule has 2 N–H and O–H groups in total. The number of fused-ring (bicyclic) bond motifs is 2. The second kappa shape index (κ2) is 7.94. The molecule has 9 heteroatoms. The minimum Gasteiger partial charge on any atom is -0.497 e. The van der Waals surface area contributed by atoms with Gasteiger partial charge < -0.3 is 19.5 Å². The van der Waals surface area contributed by atoms with Crippen molar-refractivity contribution in [2.75, 3.05) is 13.7 Å². The SMILES string of the molecule is COc1ccc2c(c1)C(=O)N(C[C@]1(c3ccc(-c4cnc5c(ccn5C)c4)cc3)NC(=O)NC1=O)C2. The Labute approximate surface area is 206 Å². The van der Waals surface area contributed by atoms with E-state index in [1.54, 1.807) is 24.1 Å². The highest BCUT2D eigenvalue weighted by atomic mass is 16.5. The van der Waals surface area contributed by atoms with Crippen molar-refractivity contribution in [1.29, 1.82) is 0 Å². The van der Waals surface area contributed by atoms with Gasteiger partial charge in [0, 0.05) is 42.5 Å². The first-order valence-corrected chi connectivity index (χ1v) is 11.5. The number of ether oxygens (including phenoxy) is 1. The van der Waals surface area contributed by atoms with E-state index in [0.717, 1.165) is 27.7 Å². The van der Waals surface area contributed by atoms with Crippen LogP contribution in [0, 0.1) is 0 Å². The Morgan fingerprint density at radius 1 is 1.03 bits per heavy atom. The summed E-state index contributed by atoms with van der Waals surface area (Å²) in [4.78, 5) is 44.7. The number of carbonyl (C=O) groups is 3.